The van der Waals surface area contributed by atoms with Gasteiger partial charge in [0, 0.05) is 6.04 Å². The lowest BCUT2D eigenvalue weighted by atomic mass is 9.99. The van der Waals surface area contributed by atoms with Gasteiger partial charge in [-0.15, -0.1) is 0 Å². The first-order valence-corrected chi connectivity index (χ1v) is 7.55. The third-order valence-electron chi connectivity index (χ3n) is 3.58. The molecule has 0 aliphatic heterocycles. The Bertz CT molecular complexity index is 319. The molecule has 0 aromatic heterocycles. The highest BCUT2D eigenvalue weighted by Gasteiger charge is 2.06. The normalized spacial score (nSPS) is 12.6. The first-order chi connectivity index (χ1) is 8.77. The fourth-order valence-electron chi connectivity index (χ4n) is 2.47. The van der Waals surface area contributed by atoms with E-state index >= 15 is 0 Å². The van der Waals surface area contributed by atoms with Crippen LogP contribution in [0.1, 0.15) is 57.1 Å². The summed E-state index contributed by atoms with van der Waals surface area (Å²) in [5.74, 6) is 0. The van der Waals surface area contributed by atoms with Crippen LogP contribution in [-0.2, 0) is 6.42 Å². The van der Waals surface area contributed by atoms with Crippen molar-refractivity contribution in [3.05, 3.63) is 35.4 Å². The average molecular weight is 247 g/mol. The molecular weight excluding hydrogens is 218 g/mol. The number of aryl methyl sites for hydroxylation is 2. The van der Waals surface area contributed by atoms with Crippen molar-refractivity contribution >= 4 is 0 Å². The molecule has 18 heavy (non-hydrogen) atoms. The minimum absolute atomic E-state index is 0.721. The molecule has 1 rings (SSSR count). The third kappa shape index (κ3) is 5.68. The van der Waals surface area contributed by atoms with E-state index in [4.69, 9.17) is 0 Å². The Kier molecular flexibility index (Phi) is 7.75. The van der Waals surface area contributed by atoms with Crippen molar-refractivity contribution in [2.24, 2.45) is 0 Å². The number of benzene rings is 1. The van der Waals surface area contributed by atoms with Crippen molar-refractivity contribution in [1.29, 1.82) is 0 Å². The lowest BCUT2D eigenvalue weighted by Crippen LogP contribution is -2.29. The largest absolute Gasteiger partial charge is 0.314 e. The van der Waals surface area contributed by atoms with Gasteiger partial charge in [-0.1, -0.05) is 44.5 Å². The Morgan fingerprint density at radius 2 is 1.83 bits per heavy atom. The fraction of sp³-hybridized carbons (Fsp3) is 0.647. The molecule has 1 unspecified atom stereocenters. The Morgan fingerprint density at radius 1 is 1.06 bits per heavy atom. The van der Waals surface area contributed by atoms with E-state index in [1.165, 1.54) is 49.7 Å². The highest BCUT2D eigenvalue weighted by molar-refractivity contribution is 5.25. The van der Waals surface area contributed by atoms with Gasteiger partial charge < -0.3 is 5.32 Å². The topological polar surface area (TPSA) is 12.0 Å². The van der Waals surface area contributed by atoms with E-state index in [0.29, 0.717) is 0 Å². The van der Waals surface area contributed by atoms with Crippen LogP contribution >= 0.6 is 0 Å². The number of rotatable bonds is 9. The monoisotopic (exact) mass is 247 g/mol. The van der Waals surface area contributed by atoms with Crippen LogP contribution in [0, 0.1) is 6.92 Å². The average Bonchev–Trinajstić information content (AvgIpc) is 2.38. The maximum Gasteiger partial charge on any atom is 0.00670 e. The standard InChI is InChI=1S/C17H29N/c1-4-9-17(18-14-5-2)13-8-12-16-11-7-6-10-15(16)3/h6-7,10-11,17-18H,4-5,8-9,12-14H2,1-3H3. The van der Waals surface area contributed by atoms with E-state index < -0.39 is 0 Å². The van der Waals surface area contributed by atoms with E-state index in [0.717, 1.165) is 12.6 Å². The SMILES string of the molecule is CCCNC(CCC)CCCc1ccccc1C. The molecule has 1 aromatic carbocycles. The smallest absolute Gasteiger partial charge is 0.00670 e. The minimum Gasteiger partial charge on any atom is -0.314 e. The zero-order chi connectivity index (χ0) is 13.2. The van der Waals surface area contributed by atoms with Gasteiger partial charge in [-0.2, -0.15) is 0 Å². The summed E-state index contributed by atoms with van der Waals surface area (Å²) in [6, 6.07) is 9.49. The maximum absolute atomic E-state index is 3.67. The van der Waals surface area contributed by atoms with Crippen molar-refractivity contribution in [1.82, 2.24) is 5.32 Å². The lowest BCUT2D eigenvalue weighted by Gasteiger charge is -2.17. The van der Waals surface area contributed by atoms with Crippen LogP contribution in [0.25, 0.3) is 0 Å². The Labute approximate surface area is 113 Å². The summed E-state index contributed by atoms with van der Waals surface area (Å²) in [5, 5.41) is 3.67. The van der Waals surface area contributed by atoms with Gasteiger partial charge in [-0.3, -0.25) is 0 Å². The maximum atomic E-state index is 3.67. The molecule has 1 atom stereocenters. The van der Waals surface area contributed by atoms with Crippen molar-refractivity contribution in [2.45, 2.75) is 65.3 Å². The van der Waals surface area contributed by atoms with Crippen molar-refractivity contribution in [2.75, 3.05) is 6.54 Å². The van der Waals surface area contributed by atoms with Gasteiger partial charge >= 0.3 is 0 Å². The zero-order valence-corrected chi connectivity index (χ0v) is 12.3. The van der Waals surface area contributed by atoms with Gasteiger partial charge in [-0.25, -0.2) is 0 Å². The van der Waals surface area contributed by atoms with Crippen LogP contribution in [0.2, 0.25) is 0 Å². The van der Waals surface area contributed by atoms with Crippen molar-refractivity contribution < 1.29 is 0 Å². The Morgan fingerprint density at radius 3 is 2.50 bits per heavy atom. The Hall–Kier alpha value is -0.820. The quantitative estimate of drug-likeness (QED) is 0.678. The van der Waals surface area contributed by atoms with Crippen LogP contribution in [0.15, 0.2) is 24.3 Å². The highest BCUT2D eigenvalue weighted by atomic mass is 14.9. The molecule has 0 saturated heterocycles. The Balaban J connectivity index is 2.31. The summed E-state index contributed by atoms with van der Waals surface area (Å²) in [5.41, 5.74) is 2.95. The van der Waals surface area contributed by atoms with Crippen LogP contribution in [0.4, 0.5) is 0 Å². The molecule has 0 aliphatic rings. The van der Waals surface area contributed by atoms with Gasteiger partial charge in [0.05, 0.1) is 0 Å². The van der Waals surface area contributed by atoms with E-state index in [-0.39, 0.29) is 0 Å². The molecule has 0 aliphatic carbocycles. The van der Waals surface area contributed by atoms with Gasteiger partial charge in [-0.05, 0) is 56.7 Å². The van der Waals surface area contributed by atoms with E-state index in [9.17, 15) is 0 Å². The van der Waals surface area contributed by atoms with Crippen LogP contribution in [-0.4, -0.2) is 12.6 Å². The summed E-state index contributed by atoms with van der Waals surface area (Å²) in [7, 11) is 0. The van der Waals surface area contributed by atoms with Crippen molar-refractivity contribution in [3.63, 3.8) is 0 Å². The first-order valence-electron chi connectivity index (χ1n) is 7.55. The van der Waals surface area contributed by atoms with Crippen LogP contribution in [0.3, 0.4) is 0 Å². The van der Waals surface area contributed by atoms with Gasteiger partial charge in [0.1, 0.15) is 0 Å². The predicted molar refractivity (Wildman–Crippen MR) is 81.1 cm³/mol. The minimum atomic E-state index is 0.721. The van der Waals surface area contributed by atoms with E-state index in [2.05, 4.69) is 50.4 Å². The molecule has 0 saturated carbocycles. The molecule has 0 fully saturated rings. The molecule has 1 heteroatoms. The summed E-state index contributed by atoms with van der Waals surface area (Å²) in [6.07, 6.45) is 7.66. The van der Waals surface area contributed by atoms with Crippen LogP contribution < -0.4 is 5.32 Å². The number of hydrogen-bond acceptors (Lipinski definition) is 1. The lowest BCUT2D eigenvalue weighted by molar-refractivity contribution is 0.437. The molecule has 1 aromatic rings. The molecule has 0 radical (unpaired) electrons. The van der Waals surface area contributed by atoms with E-state index in [1.807, 2.05) is 0 Å². The molecule has 1 N–H and O–H groups in total. The second-order valence-corrected chi connectivity index (χ2v) is 5.26. The summed E-state index contributed by atoms with van der Waals surface area (Å²) >= 11 is 0. The van der Waals surface area contributed by atoms with Gasteiger partial charge in [0.15, 0.2) is 0 Å². The fourth-order valence-corrected chi connectivity index (χ4v) is 2.47. The molecule has 0 spiro atoms. The molecular formula is C17H29N. The molecule has 0 heterocycles. The molecule has 1 nitrogen and oxygen atoms in total. The molecule has 102 valence electrons. The predicted octanol–water partition coefficient (Wildman–Crippen LogP) is 4.49. The summed E-state index contributed by atoms with van der Waals surface area (Å²) in [4.78, 5) is 0. The number of nitrogens with one attached hydrogen (secondary N) is 1. The second-order valence-electron chi connectivity index (χ2n) is 5.26. The van der Waals surface area contributed by atoms with Gasteiger partial charge in [0.2, 0.25) is 0 Å². The summed E-state index contributed by atoms with van der Waals surface area (Å²) < 4.78 is 0. The third-order valence-corrected chi connectivity index (χ3v) is 3.58. The highest BCUT2D eigenvalue weighted by Crippen LogP contribution is 2.13. The number of hydrogen-bond donors (Lipinski definition) is 1. The van der Waals surface area contributed by atoms with Gasteiger partial charge in [0.25, 0.3) is 0 Å². The van der Waals surface area contributed by atoms with Crippen LogP contribution in [0.5, 0.6) is 0 Å². The first kappa shape index (κ1) is 15.2. The second kappa shape index (κ2) is 9.16. The molecule has 0 amide bonds. The molecule has 0 bridgehead atoms. The summed E-state index contributed by atoms with van der Waals surface area (Å²) in [6.45, 7) is 7.90. The zero-order valence-electron chi connectivity index (χ0n) is 12.3. The van der Waals surface area contributed by atoms with Crippen molar-refractivity contribution in [3.8, 4) is 0 Å². The van der Waals surface area contributed by atoms with E-state index in [1.54, 1.807) is 0 Å².